The summed E-state index contributed by atoms with van der Waals surface area (Å²) in [7, 11) is -2.26. The van der Waals surface area contributed by atoms with Crippen LogP contribution in [0.15, 0.2) is 47.4 Å². The molecule has 1 aliphatic carbocycles. The lowest BCUT2D eigenvalue weighted by Crippen LogP contribution is -2.48. The maximum Gasteiger partial charge on any atom is 0.261 e. The number of benzene rings is 2. The Morgan fingerprint density at radius 1 is 1.06 bits per heavy atom. The third kappa shape index (κ3) is 9.90. The molecule has 1 heterocycles. The van der Waals surface area contributed by atoms with Gasteiger partial charge in [-0.2, -0.15) is 0 Å². The smallest absolute Gasteiger partial charge is 0.261 e. The normalized spacial score (nSPS) is 22.8. The number of aliphatic hydroxyl groups excluding tert-OH is 1. The summed E-state index contributed by atoms with van der Waals surface area (Å²) in [6.45, 7) is 6.45. The van der Waals surface area contributed by atoms with Crippen molar-refractivity contribution in [3.05, 3.63) is 53.8 Å². The molecular formula is C35H50FN3O7S. The van der Waals surface area contributed by atoms with Crippen molar-refractivity contribution in [3.8, 4) is 5.75 Å². The number of hydrogen-bond acceptors (Lipinski definition) is 7. The fourth-order valence-electron chi connectivity index (χ4n) is 6.30. The fraction of sp³-hybridized carbons (Fsp3) is 0.600. The standard InChI is InChI=1S/C35H50FN3O7S/c1-24-21-39(25(2)23-40)35(42)31-20-29(37-47(43,44)30-16-13-28(36)14-17-30)15-18-32(31)46-26(3)10-8-9-19-45-33(24)22-38(4)34(41)27-11-6-5-7-12-27/h13-18,20,24-27,33,37,40H,5-12,19,21-23H2,1-4H3/t24-,25-,26-,33+/m0/s1. The van der Waals surface area contributed by atoms with E-state index in [2.05, 4.69) is 4.72 Å². The van der Waals surface area contributed by atoms with Crippen LogP contribution in [0.4, 0.5) is 10.1 Å². The van der Waals surface area contributed by atoms with Gasteiger partial charge in [0.25, 0.3) is 15.9 Å². The average Bonchev–Trinajstić information content (AvgIpc) is 3.06. The molecule has 2 aromatic carbocycles. The monoisotopic (exact) mass is 675 g/mol. The second-order valence-corrected chi connectivity index (χ2v) is 14.8. The predicted molar refractivity (Wildman–Crippen MR) is 178 cm³/mol. The highest BCUT2D eigenvalue weighted by Gasteiger charge is 2.32. The summed E-state index contributed by atoms with van der Waals surface area (Å²) in [5.74, 6) is -0.742. The molecule has 1 aliphatic heterocycles. The van der Waals surface area contributed by atoms with E-state index in [0.29, 0.717) is 25.3 Å². The highest BCUT2D eigenvalue weighted by atomic mass is 32.2. The molecule has 2 aromatic rings. The zero-order valence-electron chi connectivity index (χ0n) is 28.0. The van der Waals surface area contributed by atoms with Crippen LogP contribution in [-0.2, 0) is 19.6 Å². The molecule has 1 fully saturated rings. The van der Waals surface area contributed by atoms with E-state index in [1.54, 1.807) is 22.8 Å². The Bertz CT molecular complexity index is 1450. The van der Waals surface area contributed by atoms with Crippen molar-refractivity contribution < 1.29 is 37.0 Å². The molecule has 0 bridgehead atoms. The minimum Gasteiger partial charge on any atom is -0.490 e. The lowest BCUT2D eigenvalue weighted by atomic mass is 9.88. The van der Waals surface area contributed by atoms with E-state index >= 15 is 0 Å². The molecule has 0 aromatic heterocycles. The maximum atomic E-state index is 14.3. The zero-order chi connectivity index (χ0) is 34.1. The van der Waals surface area contributed by atoms with Gasteiger partial charge in [-0.3, -0.25) is 14.3 Å². The first-order valence-corrected chi connectivity index (χ1v) is 18.3. The van der Waals surface area contributed by atoms with Crippen LogP contribution in [0.2, 0.25) is 0 Å². The number of likely N-dealkylation sites (N-methyl/N-ethyl adjacent to an activating group) is 1. The first-order chi connectivity index (χ1) is 22.4. The molecule has 47 heavy (non-hydrogen) atoms. The van der Waals surface area contributed by atoms with Crippen LogP contribution in [0.3, 0.4) is 0 Å². The number of halogens is 1. The van der Waals surface area contributed by atoms with Gasteiger partial charge >= 0.3 is 0 Å². The second kappa shape index (κ2) is 16.7. The molecule has 0 unspecified atom stereocenters. The predicted octanol–water partition coefficient (Wildman–Crippen LogP) is 5.46. The summed E-state index contributed by atoms with van der Waals surface area (Å²) in [5.41, 5.74) is 0.273. The van der Waals surface area contributed by atoms with Gasteiger partial charge in [0.15, 0.2) is 0 Å². The Morgan fingerprint density at radius 3 is 2.43 bits per heavy atom. The van der Waals surface area contributed by atoms with Crippen LogP contribution in [0.5, 0.6) is 5.75 Å². The molecule has 2 aliphatic rings. The van der Waals surface area contributed by atoms with Crippen molar-refractivity contribution in [2.24, 2.45) is 11.8 Å². The molecule has 4 rings (SSSR count). The molecule has 12 heteroatoms. The van der Waals surface area contributed by atoms with Crippen molar-refractivity contribution in [1.82, 2.24) is 9.80 Å². The third-order valence-corrected chi connectivity index (χ3v) is 10.6. The van der Waals surface area contributed by atoms with Crippen LogP contribution < -0.4 is 9.46 Å². The average molecular weight is 676 g/mol. The highest BCUT2D eigenvalue weighted by Crippen LogP contribution is 2.30. The number of carbonyl (C=O) groups is 2. The van der Waals surface area contributed by atoms with Crippen molar-refractivity contribution in [3.63, 3.8) is 0 Å². The fourth-order valence-corrected chi connectivity index (χ4v) is 7.35. The van der Waals surface area contributed by atoms with E-state index in [4.69, 9.17) is 9.47 Å². The number of sulfonamides is 1. The molecule has 4 atom stereocenters. The van der Waals surface area contributed by atoms with E-state index in [-0.39, 0.29) is 59.2 Å². The Balaban J connectivity index is 1.64. The molecule has 260 valence electrons. The zero-order valence-corrected chi connectivity index (χ0v) is 28.8. The minimum atomic E-state index is -4.08. The Labute approximate surface area is 278 Å². The summed E-state index contributed by atoms with van der Waals surface area (Å²) in [6.07, 6.45) is 6.83. The quantitative estimate of drug-likeness (QED) is 0.381. The van der Waals surface area contributed by atoms with Crippen LogP contribution >= 0.6 is 0 Å². The second-order valence-electron chi connectivity index (χ2n) is 13.1. The van der Waals surface area contributed by atoms with Gasteiger partial charge in [0.2, 0.25) is 5.91 Å². The first-order valence-electron chi connectivity index (χ1n) is 16.8. The topological polar surface area (TPSA) is 125 Å². The number of carbonyl (C=O) groups excluding carboxylic acids is 2. The van der Waals surface area contributed by atoms with Crippen LogP contribution in [-0.4, -0.2) is 86.7 Å². The van der Waals surface area contributed by atoms with Gasteiger partial charge in [-0.15, -0.1) is 0 Å². The number of hydrogen-bond donors (Lipinski definition) is 2. The molecule has 2 amide bonds. The largest absolute Gasteiger partial charge is 0.490 e. The summed E-state index contributed by atoms with van der Waals surface area (Å²) in [5, 5.41) is 10.2. The number of nitrogens with one attached hydrogen (secondary N) is 1. The number of aliphatic hydroxyl groups is 1. The SMILES string of the molecule is C[C@H]1CCCCO[C@H](CN(C)C(=O)C2CCCCC2)[C@@H](C)CN([C@@H](C)CO)C(=O)c2cc(NS(=O)(=O)c3ccc(F)cc3)ccc2O1. The van der Waals surface area contributed by atoms with Crippen molar-refractivity contribution in [2.45, 2.75) is 95.3 Å². The van der Waals surface area contributed by atoms with Gasteiger partial charge in [-0.05, 0) is 88.4 Å². The van der Waals surface area contributed by atoms with Crippen molar-refractivity contribution in [2.75, 3.05) is 38.1 Å². The van der Waals surface area contributed by atoms with Crippen LogP contribution in [0, 0.1) is 17.7 Å². The number of rotatable bonds is 8. The third-order valence-electron chi connectivity index (χ3n) is 9.21. The van der Waals surface area contributed by atoms with E-state index < -0.39 is 27.8 Å². The van der Waals surface area contributed by atoms with Gasteiger partial charge in [0, 0.05) is 44.3 Å². The van der Waals surface area contributed by atoms with Gasteiger partial charge in [0.05, 0.1) is 35.3 Å². The van der Waals surface area contributed by atoms with E-state index in [0.717, 1.165) is 69.2 Å². The number of amides is 2. The molecule has 2 N–H and O–H groups in total. The van der Waals surface area contributed by atoms with Gasteiger partial charge in [-0.1, -0.05) is 26.2 Å². The van der Waals surface area contributed by atoms with Crippen LogP contribution in [0.25, 0.3) is 0 Å². The molecule has 0 radical (unpaired) electrons. The van der Waals surface area contributed by atoms with E-state index in [1.165, 1.54) is 12.1 Å². The minimum absolute atomic E-state index is 0.0303. The van der Waals surface area contributed by atoms with Crippen molar-refractivity contribution in [1.29, 1.82) is 0 Å². The molecular weight excluding hydrogens is 625 g/mol. The Kier molecular flexibility index (Phi) is 13.0. The van der Waals surface area contributed by atoms with Crippen LogP contribution in [0.1, 0.15) is 82.5 Å². The first kappa shape index (κ1) is 36.6. The highest BCUT2D eigenvalue weighted by molar-refractivity contribution is 7.92. The summed E-state index contributed by atoms with van der Waals surface area (Å²) >= 11 is 0. The number of fused-ring (bicyclic) bond motifs is 1. The summed E-state index contributed by atoms with van der Waals surface area (Å²) in [4.78, 5) is 30.9. The van der Waals surface area contributed by atoms with E-state index in [9.17, 15) is 27.5 Å². The number of anilines is 1. The Hall–Kier alpha value is -3.22. The van der Waals surface area contributed by atoms with Gasteiger partial charge in [0.1, 0.15) is 11.6 Å². The lowest BCUT2D eigenvalue weighted by molar-refractivity contribution is -0.137. The Morgan fingerprint density at radius 2 is 1.74 bits per heavy atom. The summed E-state index contributed by atoms with van der Waals surface area (Å²) < 4.78 is 54.7. The number of nitrogens with zero attached hydrogens (tertiary/aromatic N) is 2. The van der Waals surface area contributed by atoms with Gasteiger partial charge in [-0.25, -0.2) is 12.8 Å². The number of ether oxygens (including phenoxy) is 2. The molecule has 0 saturated heterocycles. The summed E-state index contributed by atoms with van der Waals surface area (Å²) in [6, 6.07) is 8.40. The molecule has 1 saturated carbocycles. The lowest BCUT2D eigenvalue weighted by Gasteiger charge is -2.36. The molecule has 10 nitrogen and oxygen atoms in total. The van der Waals surface area contributed by atoms with Crippen molar-refractivity contribution >= 4 is 27.5 Å². The maximum absolute atomic E-state index is 14.3. The van der Waals surface area contributed by atoms with Gasteiger partial charge < -0.3 is 24.4 Å². The van der Waals surface area contributed by atoms with E-state index in [1.807, 2.05) is 20.9 Å². The molecule has 0 spiro atoms.